The highest BCUT2D eigenvalue weighted by Gasteiger charge is 2.33. The summed E-state index contributed by atoms with van der Waals surface area (Å²) in [5.74, 6) is -0.275. The van der Waals surface area contributed by atoms with Gasteiger partial charge in [-0.1, -0.05) is 36.4 Å². The van der Waals surface area contributed by atoms with Gasteiger partial charge in [0.15, 0.2) is 0 Å². The van der Waals surface area contributed by atoms with Crippen molar-refractivity contribution < 1.29 is 17.9 Å². The van der Waals surface area contributed by atoms with Crippen LogP contribution >= 0.6 is 0 Å². The molecule has 0 amide bonds. The number of esters is 1. The van der Waals surface area contributed by atoms with Crippen molar-refractivity contribution in [3.63, 3.8) is 0 Å². The van der Waals surface area contributed by atoms with Gasteiger partial charge in [-0.2, -0.15) is 0 Å². The van der Waals surface area contributed by atoms with E-state index >= 15 is 0 Å². The Hall–Kier alpha value is -2.90. The topological polar surface area (TPSA) is 91.4 Å². The van der Waals surface area contributed by atoms with Crippen LogP contribution in [0, 0.1) is 6.92 Å². The molecule has 0 saturated carbocycles. The molecule has 0 radical (unpaired) electrons. The van der Waals surface area contributed by atoms with Gasteiger partial charge in [0.05, 0.1) is 16.4 Å². The quantitative estimate of drug-likeness (QED) is 0.517. The first-order chi connectivity index (χ1) is 16.1. The monoisotopic (exact) mass is 480 g/mol. The lowest BCUT2D eigenvalue weighted by Crippen LogP contribution is -2.42. The largest absolute Gasteiger partial charge is 0.465 e. The molecule has 1 unspecified atom stereocenters. The summed E-state index contributed by atoms with van der Waals surface area (Å²) in [4.78, 5) is 12.9. The van der Waals surface area contributed by atoms with Crippen LogP contribution in [0.15, 0.2) is 64.4 Å². The van der Waals surface area contributed by atoms with Gasteiger partial charge >= 0.3 is 5.97 Å². The van der Waals surface area contributed by atoms with Crippen molar-refractivity contribution in [1.82, 2.24) is 4.57 Å². The number of hydrogen-bond acceptors (Lipinski definition) is 5. The number of nitrogens with two attached hydrogens (primary N) is 1. The third kappa shape index (κ3) is 4.68. The van der Waals surface area contributed by atoms with Crippen molar-refractivity contribution in [2.75, 3.05) is 6.61 Å². The zero-order valence-corrected chi connectivity index (χ0v) is 20.8. The Kier molecular flexibility index (Phi) is 6.69. The summed E-state index contributed by atoms with van der Waals surface area (Å²) >= 11 is 0. The van der Waals surface area contributed by atoms with Gasteiger partial charge in [0.1, 0.15) is 6.54 Å². The van der Waals surface area contributed by atoms with Gasteiger partial charge in [0.25, 0.3) is 0 Å². The molecule has 0 fully saturated rings. The van der Waals surface area contributed by atoms with Gasteiger partial charge in [-0.05, 0) is 74.9 Å². The van der Waals surface area contributed by atoms with Gasteiger partial charge in [-0.25, -0.2) is 8.42 Å². The van der Waals surface area contributed by atoms with Crippen LogP contribution < -0.4 is 5.73 Å². The first-order valence-corrected chi connectivity index (χ1v) is 13.1. The van der Waals surface area contributed by atoms with Crippen LogP contribution in [0.5, 0.6) is 0 Å². The second-order valence-corrected chi connectivity index (χ2v) is 11.2. The number of carbonyl (C=O) groups is 1. The molecule has 0 bridgehead atoms. The molecule has 2 aromatic carbocycles. The Morgan fingerprint density at radius 3 is 2.50 bits per heavy atom. The van der Waals surface area contributed by atoms with Crippen molar-refractivity contribution >= 4 is 15.8 Å². The van der Waals surface area contributed by atoms with E-state index in [0.717, 1.165) is 40.9 Å². The molecular formula is C27H32N2O4S. The van der Waals surface area contributed by atoms with Crippen molar-refractivity contribution in [3.8, 4) is 0 Å². The zero-order valence-electron chi connectivity index (χ0n) is 20.0. The summed E-state index contributed by atoms with van der Waals surface area (Å²) in [6.07, 6.45) is 2.72. The van der Waals surface area contributed by atoms with E-state index in [0.29, 0.717) is 24.3 Å². The predicted octanol–water partition coefficient (Wildman–Crippen LogP) is 3.99. The SMILES string of the molecule is CCOC(=O)Cn1c(C)c(Cc2ccccc2S(=O)(=O)c2ccccc2)c2c1CCC(C)(N)C2. The standard InChI is InChI=1S/C27H32N2O4S/c1-4-33-26(30)18-29-19(2)22(23-17-27(3,28)15-14-24(23)29)16-20-10-8-9-13-25(20)34(31,32)21-11-6-5-7-12-21/h5-13H,4,14-18,28H2,1-3H3. The van der Waals surface area contributed by atoms with Crippen LogP contribution in [0.3, 0.4) is 0 Å². The highest BCUT2D eigenvalue weighted by atomic mass is 32.2. The van der Waals surface area contributed by atoms with Crippen molar-refractivity contribution in [2.45, 2.75) is 68.3 Å². The van der Waals surface area contributed by atoms with Gasteiger partial charge in [-0.3, -0.25) is 4.79 Å². The normalized spacial score (nSPS) is 17.9. The lowest BCUT2D eigenvalue weighted by Gasteiger charge is -2.31. The Morgan fingerprint density at radius 1 is 1.12 bits per heavy atom. The molecule has 1 aromatic heterocycles. The molecule has 1 aliphatic carbocycles. The molecule has 34 heavy (non-hydrogen) atoms. The molecule has 4 rings (SSSR count). The minimum absolute atomic E-state index is 0.146. The summed E-state index contributed by atoms with van der Waals surface area (Å²) in [5.41, 5.74) is 11.2. The molecule has 180 valence electrons. The van der Waals surface area contributed by atoms with E-state index in [9.17, 15) is 13.2 Å². The Balaban J connectivity index is 1.80. The molecule has 2 N–H and O–H groups in total. The van der Waals surface area contributed by atoms with E-state index in [-0.39, 0.29) is 22.9 Å². The van der Waals surface area contributed by atoms with Gasteiger partial charge in [0, 0.05) is 23.3 Å². The fraction of sp³-hybridized carbons (Fsp3) is 0.370. The number of ether oxygens (including phenoxy) is 1. The molecule has 6 nitrogen and oxygen atoms in total. The molecule has 7 heteroatoms. The fourth-order valence-corrected chi connectivity index (χ4v) is 6.44. The van der Waals surface area contributed by atoms with Crippen LogP contribution in [-0.4, -0.2) is 31.1 Å². The average Bonchev–Trinajstić information content (AvgIpc) is 3.04. The average molecular weight is 481 g/mol. The number of aromatic nitrogens is 1. The summed E-state index contributed by atoms with van der Waals surface area (Å²) in [6, 6.07) is 15.7. The van der Waals surface area contributed by atoms with Crippen molar-refractivity contribution in [2.24, 2.45) is 5.73 Å². The third-order valence-corrected chi connectivity index (χ3v) is 8.54. The summed E-state index contributed by atoms with van der Waals surface area (Å²) in [5, 5.41) is 0. The molecule has 1 aliphatic rings. The smallest absolute Gasteiger partial charge is 0.325 e. The number of fused-ring (bicyclic) bond motifs is 1. The second-order valence-electron chi connectivity index (χ2n) is 9.31. The zero-order chi connectivity index (χ0) is 24.5. The first kappa shape index (κ1) is 24.2. The van der Waals surface area contributed by atoms with E-state index in [1.54, 1.807) is 49.4 Å². The van der Waals surface area contributed by atoms with Crippen LogP contribution in [0.2, 0.25) is 0 Å². The van der Waals surface area contributed by atoms with Crippen LogP contribution in [0.25, 0.3) is 0 Å². The second kappa shape index (κ2) is 9.39. The number of benzene rings is 2. The van der Waals surface area contributed by atoms with E-state index in [1.165, 1.54) is 0 Å². The Labute approximate surface area is 201 Å². The third-order valence-electron chi connectivity index (χ3n) is 6.67. The predicted molar refractivity (Wildman–Crippen MR) is 132 cm³/mol. The number of carbonyl (C=O) groups excluding carboxylic acids is 1. The van der Waals surface area contributed by atoms with Gasteiger partial charge in [0.2, 0.25) is 9.84 Å². The molecule has 1 heterocycles. The van der Waals surface area contributed by atoms with Crippen molar-refractivity contribution in [1.29, 1.82) is 0 Å². The minimum Gasteiger partial charge on any atom is -0.465 e. The summed E-state index contributed by atoms with van der Waals surface area (Å²) < 4.78 is 34.2. The molecule has 1 atom stereocenters. The molecule has 0 aliphatic heterocycles. The number of nitrogens with zero attached hydrogens (tertiary/aromatic N) is 1. The lowest BCUT2D eigenvalue weighted by molar-refractivity contribution is -0.143. The molecule has 3 aromatic rings. The Bertz CT molecular complexity index is 1310. The summed E-state index contributed by atoms with van der Waals surface area (Å²) in [7, 11) is -3.67. The van der Waals surface area contributed by atoms with E-state index in [4.69, 9.17) is 10.5 Å². The minimum atomic E-state index is -3.67. The first-order valence-electron chi connectivity index (χ1n) is 11.7. The highest BCUT2D eigenvalue weighted by Crippen LogP contribution is 2.36. The lowest BCUT2D eigenvalue weighted by atomic mass is 9.80. The van der Waals surface area contributed by atoms with E-state index in [1.807, 2.05) is 30.5 Å². The maximum absolute atomic E-state index is 13.5. The summed E-state index contributed by atoms with van der Waals surface area (Å²) in [6.45, 7) is 6.32. The van der Waals surface area contributed by atoms with Gasteiger partial charge < -0.3 is 15.0 Å². The van der Waals surface area contributed by atoms with Crippen molar-refractivity contribution in [3.05, 3.63) is 82.7 Å². The number of hydrogen-bond donors (Lipinski definition) is 1. The van der Waals surface area contributed by atoms with E-state index in [2.05, 4.69) is 0 Å². The van der Waals surface area contributed by atoms with Gasteiger partial charge in [-0.15, -0.1) is 0 Å². The maximum atomic E-state index is 13.5. The maximum Gasteiger partial charge on any atom is 0.325 e. The molecule has 0 spiro atoms. The number of rotatable bonds is 7. The van der Waals surface area contributed by atoms with Crippen LogP contribution in [0.1, 0.15) is 48.3 Å². The van der Waals surface area contributed by atoms with E-state index < -0.39 is 9.84 Å². The fourth-order valence-electron chi connectivity index (χ4n) is 4.93. The molecule has 0 saturated heterocycles. The highest BCUT2D eigenvalue weighted by molar-refractivity contribution is 7.91. The van der Waals surface area contributed by atoms with Crippen LogP contribution in [-0.2, 0) is 45.2 Å². The number of sulfone groups is 1. The van der Waals surface area contributed by atoms with Crippen LogP contribution in [0.4, 0.5) is 0 Å². The Morgan fingerprint density at radius 2 is 1.79 bits per heavy atom. The molecular weight excluding hydrogens is 448 g/mol.